The number of piperidine rings is 1. The monoisotopic (exact) mass is 326 g/mol. The molecule has 0 saturated carbocycles. The first-order valence-corrected chi connectivity index (χ1v) is 8.57. The summed E-state index contributed by atoms with van der Waals surface area (Å²) in [6.45, 7) is 4.36. The summed E-state index contributed by atoms with van der Waals surface area (Å²) in [5.74, 6) is 0.895. The van der Waals surface area contributed by atoms with Crippen LogP contribution in [0.5, 0.6) is 0 Å². The Morgan fingerprint density at radius 2 is 1.96 bits per heavy atom. The van der Waals surface area contributed by atoms with E-state index in [9.17, 15) is 4.79 Å². The fourth-order valence-corrected chi connectivity index (χ4v) is 3.58. The summed E-state index contributed by atoms with van der Waals surface area (Å²) in [4.78, 5) is 16.1. The third kappa shape index (κ3) is 3.14. The van der Waals surface area contributed by atoms with Crippen LogP contribution >= 0.6 is 0 Å². The minimum Gasteiger partial charge on any atom is -0.359 e. The molecule has 0 unspecified atom stereocenters. The summed E-state index contributed by atoms with van der Waals surface area (Å²) in [5.41, 5.74) is 1.96. The number of aromatic nitrogens is 1. The summed E-state index contributed by atoms with van der Waals surface area (Å²) < 4.78 is 5.50. The standard InChI is InChI=1S/C18H22N4O2/c23-18-19-8-11-22(18)15-6-9-21(10-7-15)13-16-12-17(20-24-16)14-4-2-1-3-5-14/h1-5,12,15H,6-11,13H2,(H,19,23). The lowest BCUT2D eigenvalue weighted by molar-refractivity contribution is 0.125. The highest BCUT2D eigenvalue weighted by Crippen LogP contribution is 2.22. The van der Waals surface area contributed by atoms with Gasteiger partial charge < -0.3 is 14.7 Å². The van der Waals surface area contributed by atoms with Crippen molar-refractivity contribution in [3.8, 4) is 11.3 Å². The predicted molar refractivity (Wildman–Crippen MR) is 90.3 cm³/mol. The molecule has 6 heteroatoms. The van der Waals surface area contributed by atoms with Crippen molar-refractivity contribution in [2.75, 3.05) is 26.2 Å². The van der Waals surface area contributed by atoms with Gasteiger partial charge in [0.15, 0.2) is 5.76 Å². The number of nitrogens with zero attached hydrogens (tertiary/aromatic N) is 3. The lowest BCUT2D eigenvalue weighted by atomic mass is 10.0. The molecule has 1 aromatic heterocycles. The van der Waals surface area contributed by atoms with E-state index in [4.69, 9.17) is 4.52 Å². The van der Waals surface area contributed by atoms with Gasteiger partial charge in [-0.2, -0.15) is 0 Å². The van der Waals surface area contributed by atoms with E-state index in [1.165, 1.54) is 0 Å². The van der Waals surface area contributed by atoms with Gasteiger partial charge >= 0.3 is 6.03 Å². The van der Waals surface area contributed by atoms with E-state index in [1.54, 1.807) is 0 Å². The molecule has 0 spiro atoms. The van der Waals surface area contributed by atoms with E-state index < -0.39 is 0 Å². The van der Waals surface area contributed by atoms with Crippen molar-refractivity contribution in [1.29, 1.82) is 0 Å². The van der Waals surface area contributed by atoms with Crippen LogP contribution in [0.1, 0.15) is 18.6 Å². The first-order valence-electron chi connectivity index (χ1n) is 8.57. The van der Waals surface area contributed by atoms with Gasteiger partial charge in [0.05, 0.1) is 6.54 Å². The van der Waals surface area contributed by atoms with Gasteiger partial charge in [-0.15, -0.1) is 0 Å². The van der Waals surface area contributed by atoms with Crippen LogP contribution in [0.15, 0.2) is 40.9 Å². The minimum absolute atomic E-state index is 0.0937. The second kappa shape index (κ2) is 6.65. The molecule has 24 heavy (non-hydrogen) atoms. The maximum atomic E-state index is 11.8. The summed E-state index contributed by atoms with van der Waals surface area (Å²) in [6.07, 6.45) is 2.04. The van der Waals surface area contributed by atoms with Crippen molar-refractivity contribution in [2.45, 2.75) is 25.4 Å². The Bertz CT molecular complexity index is 692. The number of rotatable bonds is 4. The van der Waals surface area contributed by atoms with Crippen LogP contribution in [0.2, 0.25) is 0 Å². The van der Waals surface area contributed by atoms with E-state index in [1.807, 2.05) is 41.3 Å². The highest BCUT2D eigenvalue weighted by molar-refractivity contribution is 5.76. The summed E-state index contributed by atoms with van der Waals surface area (Å²) >= 11 is 0. The Morgan fingerprint density at radius 1 is 1.17 bits per heavy atom. The molecule has 0 atom stereocenters. The van der Waals surface area contributed by atoms with Crippen molar-refractivity contribution in [3.63, 3.8) is 0 Å². The Hall–Kier alpha value is -2.34. The number of carbonyl (C=O) groups is 1. The lowest BCUT2D eigenvalue weighted by Gasteiger charge is -2.35. The molecule has 2 aliphatic heterocycles. The van der Waals surface area contributed by atoms with Gasteiger partial charge in [0.2, 0.25) is 0 Å². The fraction of sp³-hybridized carbons (Fsp3) is 0.444. The van der Waals surface area contributed by atoms with E-state index >= 15 is 0 Å². The maximum Gasteiger partial charge on any atom is 0.317 e. The van der Waals surface area contributed by atoms with Gasteiger partial charge in [-0.25, -0.2) is 4.79 Å². The van der Waals surface area contributed by atoms with Crippen molar-refractivity contribution >= 4 is 6.03 Å². The molecule has 2 aromatic rings. The minimum atomic E-state index is 0.0937. The lowest BCUT2D eigenvalue weighted by Crippen LogP contribution is -2.45. The largest absolute Gasteiger partial charge is 0.359 e. The molecular formula is C18H22N4O2. The highest BCUT2D eigenvalue weighted by atomic mass is 16.5. The molecule has 6 nitrogen and oxygen atoms in total. The van der Waals surface area contributed by atoms with E-state index in [2.05, 4.69) is 15.4 Å². The van der Waals surface area contributed by atoms with Gasteiger partial charge in [0.25, 0.3) is 0 Å². The second-order valence-electron chi connectivity index (χ2n) is 6.48. The predicted octanol–water partition coefficient (Wildman–Crippen LogP) is 2.33. The zero-order chi connectivity index (χ0) is 16.4. The zero-order valence-corrected chi connectivity index (χ0v) is 13.6. The Morgan fingerprint density at radius 3 is 2.67 bits per heavy atom. The van der Waals surface area contributed by atoms with Crippen LogP contribution in [-0.2, 0) is 6.54 Å². The number of nitrogens with one attached hydrogen (secondary N) is 1. The number of carbonyl (C=O) groups excluding carboxylic acids is 1. The number of likely N-dealkylation sites (tertiary alicyclic amines) is 1. The van der Waals surface area contributed by atoms with Crippen LogP contribution in [0.3, 0.4) is 0 Å². The summed E-state index contributed by atoms with van der Waals surface area (Å²) in [7, 11) is 0. The molecule has 1 N–H and O–H groups in total. The third-order valence-corrected chi connectivity index (χ3v) is 4.90. The average molecular weight is 326 g/mol. The van der Waals surface area contributed by atoms with Crippen LogP contribution in [0, 0.1) is 0 Å². The molecule has 126 valence electrons. The molecule has 4 rings (SSSR count). The first-order chi connectivity index (χ1) is 11.8. The van der Waals surface area contributed by atoms with Crippen LogP contribution < -0.4 is 5.32 Å². The van der Waals surface area contributed by atoms with E-state index in [0.717, 1.165) is 62.6 Å². The molecule has 0 radical (unpaired) electrons. The summed E-state index contributed by atoms with van der Waals surface area (Å²) in [5, 5.41) is 7.06. The van der Waals surface area contributed by atoms with Gasteiger partial charge in [-0.05, 0) is 12.8 Å². The molecule has 2 fully saturated rings. The van der Waals surface area contributed by atoms with Gasteiger partial charge in [-0.1, -0.05) is 35.5 Å². The molecule has 2 amide bonds. The number of hydrogen-bond acceptors (Lipinski definition) is 4. The highest BCUT2D eigenvalue weighted by Gasteiger charge is 2.30. The normalized spacial score (nSPS) is 19.7. The second-order valence-corrected chi connectivity index (χ2v) is 6.48. The SMILES string of the molecule is O=C1NCCN1C1CCN(Cc2cc(-c3ccccc3)no2)CC1. The molecule has 0 bridgehead atoms. The maximum absolute atomic E-state index is 11.8. The van der Waals surface area contributed by atoms with Crippen LogP contribution in [0.25, 0.3) is 11.3 Å². The average Bonchev–Trinajstić information content (AvgIpc) is 3.26. The fourth-order valence-electron chi connectivity index (χ4n) is 3.58. The Balaban J connectivity index is 1.33. The Labute approximate surface area is 141 Å². The smallest absolute Gasteiger partial charge is 0.317 e. The van der Waals surface area contributed by atoms with Gasteiger partial charge in [-0.3, -0.25) is 4.90 Å². The first kappa shape index (κ1) is 15.2. The van der Waals surface area contributed by atoms with Gasteiger partial charge in [0.1, 0.15) is 5.69 Å². The molecule has 2 aliphatic rings. The zero-order valence-electron chi connectivity index (χ0n) is 13.6. The third-order valence-electron chi connectivity index (χ3n) is 4.90. The van der Waals surface area contributed by atoms with Crippen molar-refractivity contribution in [3.05, 3.63) is 42.2 Å². The van der Waals surface area contributed by atoms with E-state index in [0.29, 0.717) is 6.04 Å². The van der Waals surface area contributed by atoms with Crippen LogP contribution in [-0.4, -0.2) is 53.2 Å². The molecule has 1 aromatic carbocycles. The van der Waals surface area contributed by atoms with Crippen molar-refractivity contribution < 1.29 is 9.32 Å². The molecular weight excluding hydrogens is 304 g/mol. The van der Waals surface area contributed by atoms with Crippen LogP contribution in [0.4, 0.5) is 4.79 Å². The number of urea groups is 1. The molecule has 0 aliphatic carbocycles. The molecule has 2 saturated heterocycles. The Kier molecular flexibility index (Phi) is 4.21. The summed E-state index contributed by atoms with van der Waals surface area (Å²) in [6, 6.07) is 12.6. The van der Waals surface area contributed by atoms with Crippen molar-refractivity contribution in [1.82, 2.24) is 20.3 Å². The number of hydrogen-bond donors (Lipinski definition) is 1. The van der Waals surface area contributed by atoms with Crippen molar-refractivity contribution in [2.24, 2.45) is 0 Å². The van der Waals surface area contributed by atoms with E-state index in [-0.39, 0.29) is 6.03 Å². The topological polar surface area (TPSA) is 61.6 Å². The number of amides is 2. The quantitative estimate of drug-likeness (QED) is 0.937. The van der Waals surface area contributed by atoms with Gasteiger partial charge in [0, 0.05) is 43.9 Å². The molecule has 3 heterocycles. The number of benzene rings is 1.